The van der Waals surface area contributed by atoms with Crippen molar-refractivity contribution in [3.8, 4) is 11.5 Å². The molecular formula is C22H31IN4O3. The molecule has 0 saturated heterocycles. The van der Waals surface area contributed by atoms with Gasteiger partial charge in [0.25, 0.3) is 5.91 Å². The summed E-state index contributed by atoms with van der Waals surface area (Å²) in [5.41, 5.74) is 2.77. The number of halogens is 1. The second-order valence-corrected chi connectivity index (χ2v) is 6.83. The van der Waals surface area contributed by atoms with Crippen LogP contribution in [-0.4, -0.2) is 64.1 Å². The Bertz CT molecular complexity index is 854. The van der Waals surface area contributed by atoms with Crippen molar-refractivity contribution in [3.63, 3.8) is 0 Å². The molecule has 2 rings (SSSR count). The van der Waals surface area contributed by atoms with Gasteiger partial charge in [0.05, 0.1) is 14.2 Å². The summed E-state index contributed by atoms with van der Waals surface area (Å²) in [4.78, 5) is 19.9. The second kappa shape index (κ2) is 12.3. The predicted octanol–water partition coefficient (Wildman–Crippen LogP) is 3.23. The molecule has 0 radical (unpaired) electrons. The lowest BCUT2D eigenvalue weighted by atomic mass is 10.1. The van der Waals surface area contributed by atoms with Crippen LogP contribution in [0.2, 0.25) is 0 Å². The first-order valence-corrected chi connectivity index (χ1v) is 9.32. The minimum atomic E-state index is -0.00603. The average Bonchev–Trinajstić information content (AvgIpc) is 2.74. The fraction of sp³-hybridized carbons (Fsp3) is 0.364. The lowest BCUT2D eigenvalue weighted by Crippen LogP contribution is -2.38. The van der Waals surface area contributed by atoms with Gasteiger partial charge >= 0.3 is 0 Å². The Kier molecular flexibility index (Phi) is 10.4. The smallest absolute Gasteiger partial charge is 0.253 e. The molecule has 0 bridgehead atoms. The van der Waals surface area contributed by atoms with Crippen molar-refractivity contribution in [2.24, 2.45) is 4.99 Å². The number of benzene rings is 2. The Balaban J connectivity index is 0.00000450. The largest absolute Gasteiger partial charge is 0.497 e. The molecule has 0 aromatic heterocycles. The highest BCUT2D eigenvalue weighted by molar-refractivity contribution is 14.0. The van der Waals surface area contributed by atoms with Gasteiger partial charge in [-0.25, -0.2) is 0 Å². The molecule has 2 aromatic rings. The van der Waals surface area contributed by atoms with E-state index in [2.05, 4.69) is 10.3 Å². The predicted molar refractivity (Wildman–Crippen MR) is 131 cm³/mol. The number of nitrogens with one attached hydrogen (secondary N) is 1. The zero-order valence-electron chi connectivity index (χ0n) is 18.4. The highest BCUT2D eigenvalue weighted by Gasteiger charge is 2.12. The van der Waals surface area contributed by atoms with Gasteiger partial charge < -0.3 is 24.6 Å². The van der Waals surface area contributed by atoms with Gasteiger partial charge in [-0.3, -0.25) is 9.79 Å². The first kappa shape index (κ1) is 25.5. The monoisotopic (exact) mass is 526 g/mol. The Morgan fingerprint density at radius 3 is 2.23 bits per heavy atom. The van der Waals surface area contributed by atoms with Crippen LogP contribution in [0.1, 0.15) is 21.5 Å². The van der Waals surface area contributed by atoms with Crippen LogP contribution in [-0.2, 0) is 13.1 Å². The summed E-state index contributed by atoms with van der Waals surface area (Å²) in [6.07, 6.45) is 0. The summed E-state index contributed by atoms with van der Waals surface area (Å²) >= 11 is 0. The van der Waals surface area contributed by atoms with Crippen LogP contribution in [0.25, 0.3) is 0 Å². The van der Waals surface area contributed by atoms with E-state index in [1.165, 1.54) is 0 Å². The molecule has 7 nitrogen and oxygen atoms in total. The normalized spacial score (nSPS) is 10.7. The highest BCUT2D eigenvalue weighted by Crippen LogP contribution is 2.25. The number of aliphatic imine (C=N–C) groups is 1. The summed E-state index contributed by atoms with van der Waals surface area (Å²) in [5.74, 6) is 2.28. The zero-order chi connectivity index (χ0) is 21.4. The first-order chi connectivity index (χ1) is 13.9. The molecular weight excluding hydrogens is 495 g/mol. The van der Waals surface area contributed by atoms with Crippen molar-refractivity contribution in [1.82, 2.24) is 15.1 Å². The lowest BCUT2D eigenvalue weighted by Gasteiger charge is -2.23. The summed E-state index contributed by atoms with van der Waals surface area (Å²) < 4.78 is 10.7. The van der Waals surface area contributed by atoms with E-state index in [1.807, 2.05) is 54.4 Å². The number of amides is 1. The minimum absolute atomic E-state index is 0. The highest BCUT2D eigenvalue weighted by atomic mass is 127. The van der Waals surface area contributed by atoms with Crippen LogP contribution in [0.15, 0.2) is 47.5 Å². The molecule has 1 amide bonds. The average molecular weight is 526 g/mol. The van der Waals surface area contributed by atoms with Gasteiger partial charge in [-0.2, -0.15) is 0 Å². The molecule has 0 saturated carbocycles. The number of rotatable bonds is 7. The molecule has 0 spiro atoms. The summed E-state index contributed by atoms with van der Waals surface area (Å²) in [5, 5.41) is 3.35. The van der Waals surface area contributed by atoms with Gasteiger partial charge in [-0.05, 0) is 29.8 Å². The van der Waals surface area contributed by atoms with Gasteiger partial charge in [0.15, 0.2) is 5.96 Å². The molecule has 0 aliphatic heterocycles. The van der Waals surface area contributed by atoms with E-state index in [0.29, 0.717) is 18.7 Å². The number of carbonyl (C=O) groups is 1. The third-order valence-electron chi connectivity index (χ3n) is 4.53. The number of nitrogens with zero attached hydrogens (tertiary/aromatic N) is 3. The van der Waals surface area contributed by atoms with E-state index in [1.54, 1.807) is 40.3 Å². The zero-order valence-corrected chi connectivity index (χ0v) is 20.8. The molecule has 0 atom stereocenters. The molecule has 30 heavy (non-hydrogen) atoms. The van der Waals surface area contributed by atoms with Gasteiger partial charge in [0.1, 0.15) is 11.5 Å². The van der Waals surface area contributed by atoms with E-state index in [4.69, 9.17) is 9.47 Å². The first-order valence-electron chi connectivity index (χ1n) is 9.32. The maximum atomic E-state index is 12.0. The summed E-state index contributed by atoms with van der Waals surface area (Å²) in [6.45, 7) is 1.23. The van der Waals surface area contributed by atoms with Gasteiger partial charge in [0, 0.05) is 58.5 Å². The molecule has 0 unspecified atom stereocenters. The second-order valence-electron chi connectivity index (χ2n) is 6.83. The molecule has 8 heteroatoms. The lowest BCUT2D eigenvalue weighted by molar-refractivity contribution is 0.0827. The summed E-state index contributed by atoms with van der Waals surface area (Å²) in [7, 11) is 10.5. The van der Waals surface area contributed by atoms with Crippen LogP contribution in [0, 0.1) is 0 Å². The van der Waals surface area contributed by atoms with Gasteiger partial charge in [-0.15, -0.1) is 24.0 Å². The number of methoxy groups -OCH3 is 2. The number of hydrogen-bond acceptors (Lipinski definition) is 4. The Hall–Kier alpha value is -2.49. The van der Waals surface area contributed by atoms with E-state index < -0.39 is 0 Å². The van der Waals surface area contributed by atoms with Crippen LogP contribution < -0.4 is 14.8 Å². The third-order valence-corrected chi connectivity index (χ3v) is 4.53. The molecule has 164 valence electrons. The van der Waals surface area contributed by atoms with E-state index in [0.717, 1.165) is 28.6 Å². The van der Waals surface area contributed by atoms with Crippen molar-refractivity contribution in [2.75, 3.05) is 42.4 Å². The van der Waals surface area contributed by atoms with Crippen molar-refractivity contribution < 1.29 is 14.3 Å². The Morgan fingerprint density at radius 1 is 1.03 bits per heavy atom. The van der Waals surface area contributed by atoms with Crippen molar-refractivity contribution in [3.05, 3.63) is 59.2 Å². The maximum Gasteiger partial charge on any atom is 0.253 e. The van der Waals surface area contributed by atoms with Crippen LogP contribution >= 0.6 is 24.0 Å². The van der Waals surface area contributed by atoms with Crippen molar-refractivity contribution in [2.45, 2.75) is 13.1 Å². The fourth-order valence-electron chi connectivity index (χ4n) is 2.90. The Labute approximate surface area is 196 Å². The van der Waals surface area contributed by atoms with E-state index in [9.17, 15) is 4.79 Å². The minimum Gasteiger partial charge on any atom is -0.497 e. The number of hydrogen-bond donors (Lipinski definition) is 1. The van der Waals surface area contributed by atoms with Gasteiger partial charge in [0.2, 0.25) is 0 Å². The standard InChI is InChI=1S/C22H30N4O3.HI/c1-23-22(24-14-16-7-9-17(10-8-16)21(27)25(2)3)26(4)15-18-11-12-19(28-5)13-20(18)29-6;/h7-13H,14-15H2,1-6H3,(H,23,24);1H. The maximum absolute atomic E-state index is 12.0. The number of guanidine groups is 1. The van der Waals surface area contributed by atoms with Crippen LogP contribution in [0.3, 0.4) is 0 Å². The van der Waals surface area contributed by atoms with Crippen LogP contribution in [0.5, 0.6) is 11.5 Å². The van der Waals surface area contributed by atoms with Gasteiger partial charge in [-0.1, -0.05) is 12.1 Å². The SMILES string of the molecule is CN=C(NCc1ccc(C(=O)N(C)C)cc1)N(C)Cc1ccc(OC)cc1OC.I. The number of ether oxygens (including phenoxy) is 2. The van der Waals surface area contributed by atoms with E-state index in [-0.39, 0.29) is 29.9 Å². The van der Waals surface area contributed by atoms with Crippen molar-refractivity contribution >= 4 is 35.8 Å². The topological polar surface area (TPSA) is 66.4 Å². The quantitative estimate of drug-likeness (QED) is 0.341. The fourth-order valence-corrected chi connectivity index (χ4v) is 2.90. The third kappa shape index (κ3) is 6.79. The van der Waals surface area contributed by atoms with Crippen molar-refractivity contribution in [1.29, 1.82) is 0 Å². The molecule has 0 aliphatic rings. The Morgan fingerprint density at radius 2 is 1.70 bits per heavy atom. The molecule has 0 aliphatic carbocycles. The summed E-state index contributed by atoms with van der Waals surface area (Å²) in [6, 6.07) is 13.4. The van der Waals surface area contributed by atoms with Crippen LogP contribution in [0.4, 0.5) is 0 Å². The molecule has 1 N–H and O–H groups in total. The number of carbonyl (C=O) groups excluding carboxylic acids is 1. The molecule has 0 heterocycles. The molecule has 2 aromatic carbocycles. The molecule has 0 fully saturated rings. The van der Waals surface area contributed by atoms with E-state index >= 15 is 0 Å².